The normalized spacial score (nSPS) is 20.4. The second-order valence-corrected chi connectivity index (χ2v) is 3.80. The minimum absolute atomic E-state index is 0.196. The van der Waals surface area contributed by atoms with Gasteiger partial charge in [0, 0.05) is 19.6 Å². The summed E-state index contributed by atoms with van der Waals surface area (Å²) in [6, 6.07) is 9.61. The number of hydrogen-bond donors (Lipinski definition) is 2. The van der Waals surface area contributed by atoms with Gasteiger partial charge in [0.1, 0.15) is 0 Å². The third kappa shape index (κ3) is 2.12. The molecule has 3 heteroatoms. The quantitative estimate of drug-likeness (QED) is 0.730. The lowest BCUT2D eigenvalue weighted by Gasteiger charge is -2.37. The van der Waals surface area contributed by atoms with Crippen molar-refractivity contribution in [3.63, 3.8) is 0 Å². The van der Waals surface area contributed by atoms with Crippen molar-refractivity contribution in [2.75, 3.05) is 19.6 Å². The molecule has 2 rings (SSSR count). The molecule has 1 fully saturated rings. The Kier molecular flexibility index (Phi) is 2.82. The molecule has 2 N–H and O–H groups in total. The van der Waals surface area contributed by atoms with Crippen molar-refractivity contribution >= 4 is 0 Å². The molecular formula is C11H15NO2. The van der Waals surface area contributed by atoms with Gasteiger partial charge in [-0.3, -0.25) is 4.90 Å². The first kappa shape index (κ1) is 9.65. The van der Waals surface area contributed by atoms with Crippen molar-refractivity contribution in [1.82, 2.24) is 4.90 Å². The molecule has 0 bridgehead atoms. The maximum absolute atomic E-state index is 9.82. The lowest BCUT2D eigenvalue weighted by atomic mass is 10.1. The van der Waals surface area contributed by atoms with Crippen LogP contribution in [0.15, 0.2) is 30.3 Å². The number of aliphatic hydroxyl groups is 2. The third-order valence-corrected chi connectivity index (χ3v) is 2.55. The van der Waals surface area contributed by atoms with E-state index in [4.69, 9.17) is 5.11 Å². The molecular weight excluding hydrogens is 178 g/mol. The monoisotopic (exact) mass is 193 g/mol. The Bertz CT molecular complexity index is 283. The molecule has 1 atom stereocenters. The molecule has 14 heavy (non-hydrogen) atoms. The maximum atomic E-state index is 9.82. The van der Waals surface area contributed by atoms with E-state index in [1.165, 1.54) is 0 Å². The standard InChI is InChI=1S/C11H15NO2/c13-10-6-12(7-10)8-11(14)9-4-2-1-3-5-9/h1-5,10-11,13-14H,6-8H2/t11-/m1/s1. The van der Waals surface area contributed by atoms with Gasteiger partial charge in [-0.25, -0.2) is 0 Å². The van der Waals surface area contributed by atoms with Gasteiger partial charge < -0.3 is 10.2 Å². The van der Waals surface area contributed by atoms with Crippen LogP contribution in [0.5, 0.6) is 0 Å². The number of nitrogens with zero attached hydrogens (tertiary/aromatic N) is 1. The molecule has 0 aromatic heterocycles. The Morgan fingerprint density at radius 2 is 1.93 bits per heavy atom. The lowest BCUT2D eigenvalue weighted by molar-refractivity contribution is -0.0222. The molecule has 0 aliphatic carbocycles. The summed E-state index contributed by atoms with van der Waals surface area (Å²) in [4.78, 5) is 2.04. The molecule has 1 aromatic carbocycles. The van der Waals surface area contributed by atoms with E-state index < -0.39 is 6.10 Å². The lowest BCUT2D eigenvalue weighted by Crippen LogP contribution is -2.51. The van der Waals surface area contributed by atoms with Crippen LogP contribution in [0.3, 0.4) is 0 Å². The van der Waals surface area contributed by atoms with Gasteiger partial charge in [-0.15, -0.1) is 0 Å². The molecule has 0 unspecified atom stereocenters. The Labute approximate surface area is 83.6 Å². The zero-order valence-electron chi connectivity index (χ0n) is 8.00. The first-order valence-corrected chi connectivity index (χ1v) is 4.89. The largest absolute Gasteiger partial charge is 0.390 e. The van der Waals surface area contributed by atoms with Crippen LogP contribution >= 0.6 is 0 Å². The number of benzene rings is 1. The van der Waals surface area contributed by atoms with Crippen molar-refractivity contribution < 1.29 is 10.2 Å². The summed E-state index contributed by atoms with van der Waals surface area (Å²) >= 11 is 0. The van der Waals surface area contributed by atoms with Crippen LogP contribution in [0.1, 0.15) is 11.7 Å². The number of rotatable bonds is 3. The highest BCUT2D eigenvalue weighted by Gasteiger charge is 2.26. The van der Waals surface area contributed by atoms with E-state index in [0.29, 0.717) is 19.6 Å². The summed E-state index contributed by atoms with van der Waals surface area (Å²) in [5, 5.41) is 18.9. The molecule has 1 aliphatic rings. The van der Waals surface area contributed by atoms with Gasteiger partial charge in [-0.2, -0.15) is 0 Å². The first-order valence-electron chi connectivity index (χ1n) is 4.89. The van der Waals surface area contributed by atoms with E-state index in [1.807, 2.05) is 35.2 Å². The highest BCUT2D eigenvalue weighted by Crippen LogP contribution is 2.17. The zero-order chi connectivity index (χ0) is 9.97. The van der Waals surface area contributed by atoms with E-state index >= 15 is 0 Å². The van der Waals surface area contributed by atoms with Crippen LogP contribution in [0.25, 0.3) is 0 Å². The van der Waals surface area contributed by atoms with Crippen molar-refractivity contribution in [1.29, 1.82) is 0 Å². The third-order valence-electron chi connectivity index (χ3n) is 2.55. The summed E-state index contributed by atoms with van der Waals surface area (Å²) in [5.74, 6) is 0. The minimum atomic E-state index is -0.441. The Balaban J connectivity index is 1.87. The summed E-state index contributed by atoms with van der Waals surface area (Å²) < 4.78 is 0. The second-order valence-electron chi connectivity index (χ2n) is 3.80. The van der Waals surface area contributed by atoms with Crippen molar-refractivity contribution in [2.45, 2.75) is 12.2 Å². The average Bonchev–Trinajstić information content (AvgIpc) is 2.17. The van der Waals surface area contributed by atoms with Gasteiger partial charge in [0.25, 0.3) is 0 Å². The van der Waals surface area contributed by atoms with Gasteiger partial charge >= 0.3 is 0 Å². The Morgan fingerprint density at radius 3 is 2.50 bits per heavy atom. The molecule has 1 heterocycles. The molecule has 76 valence electrons. The zero-order valence-corrected chi connectivity index (χ0v) is 8.00. The molecule has 1 aliphatic heterocycles. The van der Waals surface area contributed by atoms with E-state index in [1.54, 1.807) is 0 Å². The van der Waals surface area contributed by atoms with Gasteiger partial charge in [0.05, 0.1) is 12.2 Å². The van der Waals surface area contributed by atoms with Crippen LogP contribution in [0.2, 0.25) is 0 Å². The summed E-state index contributed by atoms with van der Waals surface area (Å²) in [6.45, 7) is 1.98. The average molecular weight is 193 g/mol. The number of hydrogen-bond acceptors (Lipinski definition) is 3. The van der Waals surface area contributed by atoms with Crippen LogP contribution in [-0.2, 0) is 0 Å². The maximum Gasteiger partial charge on any atom is 0.0916 e. The summed E-state index contributed by atoms with van der Waals surface area (Å²) in [5.41, 5.74) is 0.939. The van der Waals surface area contributed by atoms with Gasteiger partial charge in [-0.05, 0) is 5.56 Å². The van der Waals surface area contributed by atoms with Crippen molar-refractivity contribution in [3.8, 4) is 0 Å². The molecule has 3 nitrogen and oxygen atoms in total. The van der Waals surface area contributed by atoms with Gasteiger partial charge in [0.15, 0.2) is 0 Å². The molecule has 1 saturated heterocycles. The molecule has 0 amide bonds. The van der Waals surface area contributed by atoms with E-state index in [2.05, 4.69) is 0 Å². The number of likely N-dealkylation sites (tertiary alicyclic amines) is 1. The van der Waals surface area contributed by atoms with Crippen LogP contribution in [0, 0.1) is 0 Å². The first-order chi connectivity index (χ1) is 6.75. The Hall–Kier alpha value is -0.900. The van der Waals surface area contributed by atoms with Crippen molar-refractivity contribution in [2.24, 2.45) is 0 Å². The minimum Gasteiger partial charge on any atom is -0.390 e. The number of β-amino-alcohol motifs (C(OH)–C–C–N with tert-alkyl or cyclic N) is 2. The molecule has 0 spiro atoms. The van der Waals surface area contributed by atoms with Gasteiger partial charge in [0.2, 0.25) is 0 Å². The topological polar surface area (TPSA) is 43.7 Å². The second kappa shape index (κ2) is 4.09. The van der Waals surface area contributed by atoms with Gasteiger partial charge in [-0.1, -0.05) is 30.3 Å². The fourth-order valence-electron chi connectivity index (χ4n) is 1.72. The highest BCUT2D eigenvalue weighted by molar-refractivity contribution is 5.17. The molecule has 0 saturated carbocycles. The fraction of sp³-hybridized carbons (Fsp3) is 0.455. The van der Waals surface area contributed by atoms with E-state index in [-0.39, 0.29) is 6.10 Å². The van der Waals surface area contributed by atoms with Crippen molar-refractivity contribution in [3.05, 3.63) is 35.9 Å². The van der Waals surface area contributed by atoms with Crippen LogP contribution in [0.4, 0.5) is 0 Å². The SMILES string of the molecule is OC1CN(C[C@@H](O)c2ccccc2)C1. The predicted molar refractivity (Wildman–Crippen MR) is 53.8 cm³/mol. The highest BCUT2D eigenvalue weighted by atomic mass is 16.3. The molecule has 1 aromatic rings. The van der Waals surface area contributed by atoms with Crippen LogP contribution in [-0.4, -0.2) is 40.9 Å². The molecule has 0 radical (unpaired) electrons. The van der Waals surface area contributed by atoms with E-state index in [0.717, 1.165) is 5.56 Å². The smallest absolute Gasteiger partial charge is 0.0916 e. The van der Waals surface area contributed by atoms with Crippen LogP contribution < -0.4 is 0 Å². The summed E-state index contributed by atoms with van der Waals surface area (Å²) in [6.07, 6.45) is -0.637. The fourth-order valence-corrected chi connectivity index (χ4v) is 1.72. The van der Waals surface area contributed by atoms with E-state index in [9.17, 15) is 5.11 Å². The predicted octanol–water partition coefficient (Wildman–Crippen LogP) is 0.397. The number of aliphatic hydroxyl groups excluding tert-OH is 2. The Morgan fingerprint density at radius 1 is 1.29 bits per heavy atom. The summed E-state index contributed by atoms with van der Waals surface area (Å²) in [7, 11) is 0.